The summed E-state index contributed by atoms with van der Waals surface area (Å²) in [6, 6.07) is 9.11. The molecule has 0 spiro atoms. The second kappa shape index (κ2) is 6.05. The van der Waals surface area contributed by atoms with Crippen LogP contribution in [-0.2, 0) is 16.6 Å². The van der Waals surface area contributed by atoms with Crippen LogP contribution in [-0.4, -0.2) is 33.9 Å². The Morgan fingerprint density at radius 1 is 1.14 bits per heavy atom. The zero-order valence-corrected chi connectivity index (χ0v) is 13.9. The highest BCUT2D eigenvalue weighted by molar-refractivity contribution is 7.89. The predicted octanol–water partition coefficient (Wildman–Crippen LogP) is 2.22. The van der Waals surface area contributed by atoms with Crippen LogP contribution < -0.4 is 10.6 Å². The van der Waals surface area contributed by atoms with Crippen LogP contribution >= 0.6 is 11.3 Å². The number of hydrogen-bond acceptors (Lipinski definition) is 5. The molecule has 0 aliphatic carbocycles. The summed E-state index contributed by atoms with van der Waals surface area (Å²) in [5, 5.41) is 2.01. The fraction of sp³-hybridized carbons (Fsp3) is 0.286. The van der Waals surface area contributed by atoms with E-state index >= 15 is 0 Å². The van der Waals surface area contributed by atoms with Crippen molar-refractivity contribution in [3.63, 3.8) is 0 Å². The van der Waals surface area contributed by atoms with Crippen LogP contribution in [0.15, 0.2) is 40.6 Å². The minimum atomic E-state index is -3.54. The largest absolute Gasteiger partial charge is 0.396 e. The summed E-state index contributed by atoms with van der Waals surface area (Å²) in [6.45, 7) is 0.688. The van der Waals surface area contributed by atoms with Crippen molar-refractivity contribution in [3.8, 4) is 0 Å². The van der Waals surface area contributed by atoms with Crippen molar-refractivity contribution in [1.82, 2.24) is 4.31 Å². The van der Waals surface area contributed by atoms with E-state index in [9.17, 15) is 8.42 Å². The van der Waals surface area contributed by atoms with Gasteiger partial charge in [0.05, 0.1) is 17.9 Å². The zero-order chi connectivity index (χ0) is 15.6. The van der Waals surface area contributed by atoms with Crippen molar-refractivity contribution in [1.29, 1.82) is 0 Å². The number of nitrogens with zero attached hydrogens (tertiary/aromatic N) is 2. The number of hydrogen-bond donors (Lipinski definition) is 1. The number of para-hydroxylation sites is 1. The third kappa shape index (κ3) is 3.20. The van der Waals surface area contributed by atoms with E-state index in [1.807, 2.05) is 35.5 Å². The Morgan fingerprint density at radius 3 is 2.43 bits per heavy atom. The molecular formula is C14H19N3O2S2. The maximum Gasteiger partial charge on any atom is 0.244 e. The molecule has 0 saturated carbocycles. The number of thiophene rings is 1. The van der Waals surface area contributed by atoms with E-state index in [1.165, 1.54) is 29.3 Å². The molecule has 21 heavy (non-hydrogen) atoms. The Hall–Kier alpha value is -1.57. The van der Waals surface area contributed by atoms with Crippen molar-refractivity contribution >= 4 is 32.7 Å². The molecule has 2 N–H and O–H groups in total. The van der Waals surface area contributed by atoms with E-state index in [0.29, 0.717) is 12.2 Å². The van der Waals surface area contributed by atoms with Gasteiger partial charge < -0.3 is 10.6 Å². The summed E-state index contributed by atoms with van der Waals surface area (Å²) in [5.41, 5.74) is 7.09. The fourth-order valence-corrected chi connectivity index (χ4v) is 3.79. The molecule has 0 aliphatic rings. The van der Waals surface area contributed by atoms with E-state index in [4.69, 9.17) is 5.73 Å². The summed E-state index contributed by atoms with van der Waals surface area (Å²) >= 11 is 1.66. The van der Waals surface area contributed by atoms with Gasteiger partial charge in [0.2, 0.25) is 10.0 Å². The average Bonchev–Trinajstić information content (AvgIpc) is 2.91. The normalized spacial score (nSPS) is 11.8. The highest BCUT2D eigenvalue weighted by Gasteiger charge is 2.22. The molecule has 0 unspecified atom stereocenters. The quantitative estimate of drug-likeness (QED) is 0.856. The van der Waals surface area contributed by atoms with Crippen molar-refractivity contribution in [2.75, 3.05) is 31.8 Å². The first-order valence-electron chi connectivity index (χ1n) is 6.38. The predicted molar refractivity (Wildman–Crippen MR) is 88.2 cm³/mol. The molecule has 5 nitrogen and oxygen atoms in total. The molecule has 0 saturated heterocycles. The molecule has 1 aromatic carbocycles. The maximum atomic E-state index is 12.3. The van der Waals surface area contributed by atoms with E-state index in [1.54, 1.807) is 17.4 Å². The second-order valence-electron chi connectivity index (χ2n) is 4.91. The molecule has 0 bridgehead atoms. The van der Waals surface area contributed by atoms with Gasteiger partial charge in [0, 0.05) is 26.0 Å². The minimum Gasteiger partial charge on any atom is -0.396 e. The van der Waals surface area contributed by atoms with Crippen LogP contribution in [0.25, 0.3) is 0 Å². The average molecular weight is 325 g/mol. The van der Waals surface area contributed by atoms with Gasteiger partial charge in [-0.15, -0.1) is 11.3 Å². The van der Waals surface area contributed by atoms with E-state index in [2.05, 4.69) is 0 Å². The monoisotopic (exact) mass is 325 g/mol. The molecule has 0 fully saturated rings. The third-order valence-electron chi connectivity index (χ3n) is 3.19. The van der Waals surface area contributed by atoms with Crippen LogP contribution in [0.3, 0.4) is 0 Å². The van der Waals surface area contributed by atoms with Gasteiger partial charge in [-0.3, -0.25) is 0 Å². The lowest BCUT2D eigenvalue weighted by molar-refractivity contribution is 0.521. The number of nitrogen functional groups attached to an aromatic ring is 1. The van der Waals surface area contributed by atoms with Gasteiger partial charge in [-0.2, -0.15) is 0 Å². The summed E-state index contributed by atoms with van der Waals surface area (Å²) in [4.78, 5) is 3.29. The van der Waals surface area contributed by atoms with E-state index < -0.39 is 10.0 Å². The summed E-state index contributed by atoms with van der Waals surface area (Å²) in [7, 11) is 1.35. The molecular weight excluding hydrogens is 306 g/mol. The van der Waals surface area contributed by atoms with Crippen molar-refractivity contribution in [2.24, 2.45) is 0 Å². The molecule has 114 valence electrons. The molecule has 0 aliphatic heterocycles. The van der Waals surface area contributed by atoms with Crippen molar-refractivity contribution in [2.45, 2.75) is 11.4 Å². The summed E-state index contributed by atoms with van der Waals surface area (Å²) < 4.78 is 25.7. The van der Waals surface area contributed by atoms with Gasteiger partial charge in [0.1, 0.15) is 4.90 Å². The Morgan fingerprint density at radius 2 is 1.86 bits per heavy atom. The van der Waals surface area contributed by atoms with E-state index in [0.717, 1.165) is 0 Å². The highest BCUT2D eigenvalue weighted by Crippen LogP contribution is 2.31. The third-order valence-corrected chi connectivity index (χ3v) is 5.92. The first-order chi connectivity index (χ1) is 9.84. The van der Waals surface area contributed by atoms with Crippen molar-refractivity contribution < 1.29 is 8.42 Å². The number of nitrogens with two attached hydrogens (primary N) is 1. The van der Waals surface area contributed by atoms with Gasteiger partial charge in [0.25, 0.3) is 0 Å². The Bertz CT molecular complexity index is 710. The number of benzene rings is 1. The van der Waals surface area contributed by atoms with Gasteiger partial charge in [0.15, 0.2) is 0 Å². The molecule has 7 heteroatoms. The lowest BCUT2D eigenvalue weighted by Gasteiger charge is -2.22. The highest BCUT2D eigenvalue weighted by atomic mass is 32.2. The van der Waals surface area contributed by atoms with Crippen LogP contribution in [0, 0.1) is 0 Å². The molecule has 1 aromatic heterocycles. The SMILES string of the molecule is CN(Cc1cccs1)c1cccc(S(=O)(=O)N(C)C)c1N. The fourth-order valence-electron chi connectivity index (χ4n) is 2.01. The van der Waals surface area contributed by atoms with Crippen LogP contribution in [0.5, 0.6) is 0 Å². The molecule has 0 amide bonds. The standard InChI is InChI=1S/C14H19N3O2S2/c1-16(2)21(18,19)13-8-4-7-12(14(13)15)17(3)10-11-6-5-9-20-11/h4-9H,10,15H2,1-3H3. The smallest absolute Gasteiger partial charge is 0.244 e. The lowest BCUT2D eigenvalue weighted by Crippen LogP contribution is -2.24. The number of rotatable bonds is 5. The first-order valence-corrected chi connectivity index (χ1v) is 8.70. The Labute approximate surface area is 129 Å². The molecule has 1 heterocycles. The first kappa shape index (κ1) is 15.8. The molecule has 0 atom stereocenters. The van der Waals surface area contributed by atoms with Crippen LogP contribution in [0.2, 0.25) is 0 Å². The lowest BCUT2D eigenvalue weighted by atomic mass is 10.2. The topological polar surface area (TPSA) is 66.6 Å². The maximum absolute atomic E-state index is 12.3. The minimum absolute atomic E-state index is 0.142. The molecule has 0 radical (unpaired) electrons. The number of sulfonamides is 1. The van der Waals surface area contributed by atoms with Gasteiger partial charge in [-0.05, 0) is 23.6 Å². The Kier molecular flexibility index (Phi) is 4.55. The van der Waals surface area contributed by atoms with Gasteiger partial charge >= 0.3 is 0 Å². The second-order valence-corrected chi connectivity index (χ2v) is 8.06. The van der Waals surface area contributed by atoms with Crippen LogP contribution in [0.1, 0.15) is 4.88 Å². The summed E-state index contributed by atoms with van der Waals surface area (Å²) in [6.07, 6.45) is 0. The molecule has 2 rings (SSSR count). The molecule has 2 aromatic rings. The van der Waals surface area contributed by atoms with Gasteiger partial charge in [-0.1, -0.05) is 12.1 Å². The van der Waals surface area contributed by atoms with Crippen molar-refractivity contribution in [3.05, 3.63) is 40.6 Å². The number of anilines is 2. The van der Waals surface area contributed by atoms with E-state index in [-0.39, 0.29) is 10.6 Å². The van der Waals surface area contributed by atoms with Gasteiger partial charge in [-0.25, -0.2) is 12.7 Å². The zero-order valence-electron chi connectivity index (χ0n) is 12.3. The Balaban J connectivity index is 2.38. The summed E-state index contributed by atoms with van der Waals surface area (Å²) in [5.74, 6) is 0. The van der Waals surface area contributed by atoms with Crippen LogP contribution in [0.4, 0.5) is 11.4 Å².